The van der Waals surface area contributed by atoms with Crippen LogP contribution in [-0.4, -0.2) is 45.4 Å². The average molecular weight is 443 g/mol. The number of hydrogen-bond acceptors (Lipinski definition) is 3. The van der Waals surface area contributed by atoms with Crippen LogP contribution in [0.2, 0.25) is 0 Å². The first-order valence-corrected chi connectivity index (χ1v) is 7.35. The highest BCUT2D eigenvalue weighted by molar-refractivity contribution is 14.0. The number of rotatable bonds is 9. The minimum atomic E-state index is -0.920. The number of guanidine groups is 1. The fourth-order valence-corrected chi connectivity index (χ4v) is 1.61. The lowest BCUT2D eigenvalue weighted by Gasteiger charge is -2.12. The lowest BCUT2D eigenvalue weighted by Crippen LogP contribution is -2.39. The molecule has 0 heterocycles. The molecule has 23 heavy (non-hydrogen) atoms. The van der Waals surface area contributed by atoms with Crippen molar-refractivity contribution in [1.29, 1.82) is 0 Å². The van der Waals surface area contributed by atoms with Crippen LogP contribution in [0.1, 0.15) is 13.8 Å². The Bertz CT molecular complexity index is 476. The predicted octanol–water partition coefficient (Wildman–Crippen LogP) is 2.55. The van der Waals surface area contributed by atoms with Crippen LogP contribution in [0.4, 0.5) is 8.78 Å². The molecular formula is C15H24F2IN3O2. The number of hydrogen-bond donors (Lipinski definition) is 2. The van der Waals surface area contributed by atoms with E-state index < -0.39 is 11.6 Å². The molecule has 132 valence electrons. The van der Waals surface area contributed by atoms with E-state index in [-0.39, 0.29) is 24.0 Å². The van der Waals surface area contributed by atoms with Gasteiger partial charge in [0.1, 0.15) is 12.4 Å². The fourth-order valence-electron chi connectivity index (χ4n) is 1.61. The van der Waals surface area contributed by atoms with Crippen molar-refractivity contribution in [1.82, 2.24) is 10.6 Å². The molecule has 0 saturated carbocycles. The highest BCUT2D eigenvalue weighted by Crippen LogP contribution is 2.14. The molecule has 0 bridgehead atoms. The van der Waals surface area contributed by atoms with Crippen molar-refractivity contribution in [3.05, 3.63) is 29.8 Å². The molecule has 8 heteroatoms. The third-order valence-corrected chi connectivity index (χ3v) is 2.61. The third kappa shape index (κ3) is 9.54. The molecule has 1 aromatic rings. The Balaban J connectivity index is 0.00000484. The minimum absolute atomic E-state index is 0. The van der Waals surface area contributed by atoms with Crippen LogP contribution in [-0.2, 0) is 4.74 Å². The van der Waals surface area contributed by atoms with Gasteiger partial charge in [-0.1, -0.05) is 0 Å². The maximum atomic E-state index is 13.0. The van der Waals surface area contributed by atoms with Crippen LogP contribution in [0, 0.1) is 11.6 Å². The summed E-state index contributed by atoms with van der Waals surface area (Å²) in [5.41, 5.74) is 0. The van der Waals surface area contributed by atoms with E-state index in [1.165, 1.54) is 6.07 Å². The van der Waals surface area contributed by atoms with Crippen LogP contribution in [0.25, 0.3) is 0 Å². The van der Waals surface area contributed by atoms with E-state index in [4.69, 9.17) is 9.47 Å². The van der Waals surface area contributed by atoms with Crippen molar-refractivity contribution in [2.45, 2.75) is 13.8 Å². The Hall–Kier alpha value is -1.16. The zero-order valence-corrected chi connectivity index (χ0v) is 15.7. The number of halogens is 3. The maximum absolute atomic E-state index is 13.0. The van der Waals surface area contributed by atoms with Gasteiger partial charge in [-0.3, -0.25) is 4.99 Å². The number of benzene rings is 1. The summed E-state index contributed by atoms with van der Waals surface area (Å²) in [6, 6.07) is 3.45. The van der Waals surface area contributed by atoms with Crippen molar-refractivity contribution in [2.24, 2.45) is 4.99 Å². The average Bonchev–Trinajstić information content (AvgIpc) is 2.51. The molecule has 1 rings (SSSR count). The monoisotopic (exact) mass is 443 g/mol. The van der Waals surface area contributed by atoms with Crippen molar-refractivity contribution < 1.29 is 18.3 Å². The van der Waals surface area contributed by atoms with Gasteiger partial charge in [-0.05, 0) is 26.0 Å². The molecule has 0 amide bonds. The zero-order chi connectivity index (χ0) is 16.2. The van der Waals surface area contributed by atoms with Gasteiger partial charge in [0.05, 0.1) is 19.7 Å². The predicted molar refractivity (Wildman–Crippen MR) is 97.7 cm³/mol. The summed E-state index contributed by atoms with van der Waals surface area (Å²) in [4.78, 5) is 4.33. The highest BCUT2D eigenvalue weighted by atomic mass is 127. The number of nitrogens with zero attached hydrogens (tertiary/aromatic N) is 1. The number of ether oxygens (including phenoxy) is 2. The fraction of sp³-hybridized carbons (Fsp3) is 0.533. The van der Waals surface area contributed by atoms with E-state index in [0.29, 0.717) is 44.6 Å². The van der Waals surface area contributed by atoms with E-state index >= 15 is 0 Å². The van der Waals surface area contributed by atoms with Crippen LogP contribution >= 0.6 is 24.0 Å². The van der Waals surface area contributed by atoms with E-state index in [1.807, 2.05) is 13.8 Å². The lowest BCUT2D eigenvalue weighted by atomic mass is 10.3. The van der Waals surface area contributed by atoms with Crippen LogP contribution in [0.3, 0.4) is 0 Å². The molecule has 0 saturated heterocycles. The van der Waals surface area contributed by atoms with Gasteiger partial charge in [0.15, 0.2) is 17.6 Å². The topological polar surface area (TPSA) is 54.9 Å². The molecule has 0 atom stereocenters. The van der Waals surface area contributed by atoms with Crippen molar-refractivity contribution >= 4 is 29.9 Å². The highest BCUT2D eigenvalue weighted by Gasteiger charge is 2.03. The van der Waals surface area contributed by atoms with Gasteiger partial charge in [0.25, 0.3) is 0 Å². The SMILES string of the molecule is CCNC(=NCCOCC)NCCOc1ccc(F)c(F)c1.I. The Morgan fingerprint density at radius 2 is 1.91 bits per heavy atom. The van der Waals surface area contributed by atoms with Crippen molar-refractivity contribution in [3.8, 4) is 5.75 Å². The van der Waals surface area contributed by atoms with Gasteiger partial charge in [-0.2, -0.15) is 0 Å². The van der Waals surface area contributed by atoms with Crippen molar-refractivity contribution in [3.63, 3.8) is 0 Å². The zero-order valence-electron chi connectivity index (χ0n) is 13.4. The van der Waals surface area contributed by atoms with E-state index in [0.717, 1.165) is 18.7 Å². The smallest absolute Gasteiger partial charge is 0.191 e. The Kier molecular flexibility index (Phi) is 12.6. The second kappa shape index (κ2) is 13.3. The summed E-state index contributed by atoms with van der Waals surface area (Å²) in [7, 11) is 0. The largest absolute Gasteiger partial charge is 0.492 e. The van der Waals surface area contributed by atoms with Gasteiger partial charge in [-0.25, -0.2) is 8.78 Å². The van der Waals surface area contributed by atoms with Gasteiger partial charge < -0.3 is 20.1 Å². The molecule has 0 spiro atoms. The van der Waals surface area contributed by atoms with E-state index in [2.05, 4.69) is 15.6 Å². The van der Waals surface area contributed by atoms with Crippen LogP contribution in [0.15, 0.2) is 23.2 Å². The molecule has 0 fully saturated rings. The summed E-state index contributed by atoms with van der Waals surface area (Å²) in [6.07, 6.45) is 0. The normalized spacial score (nSPS) is 10.9. The first-order chi connectivity index (χ1) is 10.7. The molecule has 0 aromatic heterocycles. The maximum Gasteiger partial charge on any atom is 0.191 e. The molecule has 0 aliphatic rings. The van der Waals surface area contributed by atoms with E-state index in [1.54, 1.807) is 0 Å². The standard InChI is InChI=1S/C15H23F2N3O2.HI/c1-3-18-15(19-7-9-21-4-2)20-8-10-22-12-5-6-13(16)14(17)11-12;/h5-6,11H,3-4,7-10H2,1-2H3,(H2,18,19,20);1H. The molecule has 0 unspecified atom stereocenters. The van der Waals surface area contributed by atoms with E-state index in [9.17, 15) is 8.78 Å². The minimum Gasteiger partial charge on any atom is -0.492 e. The van der Waals surface area contributed by atoms with Crippen molar-refractivity contribution in [2.75, 3.05) is 39.5 Å². The molecular weight excluding hydrogens is 419 g/mol. The number of nitrogens with one attached hydrogen (secondary N) is 2. The summed E-state index contributed by atoms with van der Waals surface area (Å²) >= 11 is 0. The molecule has 2 N–H and O–H groups in total. The molecule has 0 aliphatic heterocycles. The Morgan fingerprint density at radius 1 is 1.13 bits per heavy atom. The van der Waals surface area contributed by atoms with Gasteiger partial charge in [-0.15, -0.1) is 24.0 Å². The first-order valence-electron chi connectivity index (χ1n) is 7.35. The molecule has 0 radical (unpaired) electrons. The Morgan fingerprint density at radius 3 is 2.57 bits per heavy atom. The second-order valence-corrected chi connectivity index (χ2v) is 4.31. The lowest BCUT2D eigenvalue weighted by molar-refractivity contribution is 0.155. The van der Waals surface area contributed by atoms with Gasteiger partial charge in [0, 0.05) is 19.2 Å². The third-order valence-electron chi connectivity index (χ3n) is 2.61. The second-order valence-electron chi connectivity index (χ2n) is 4.31. The van der Waals surface area contributed by atoms with Gasteiger partial charge >= 0.3 is 0 Å². The first kappa shape index (κ1) is 21.8. The summed E-state index contributed by atoms with van der Waals surface area (Å²) in [5.74, 6) is -0.854. The summed E-state index contributed by atoms with van der Waals surface area (Å²) < 4.78 is 36.3. The quantitative estimate of drug-likeness (QED) is 0.267. The van der Waals surface area contributed by atoms with Crippen LogP contribution < -0.4 is 15.4 Å². The Labute approximate surface area is 152 Å². The van der Waals surface area contributed by atoms with Crippen LogP contribution in [0.5, 0.6) is 5.75 Å². The summed E-state index contributed by atoms with van der Waals surface area (Å²) in [6.45, 7) is 7.23. The molecule has 1 aromatic carbocycles. The molecule has 5 nitrogen and oxygen atoms in total. The number of aliphatic imine (C=N–C) groups is 1. The summed E-state index contributed by atoms with van der Waals surface area (Å²) in [5, 5.41) is 6.18. The van der Waals surface area contributed by atoms with Gasteiger partial charge in [0.2, 0.25) is 0 Å². The molecule has 0 aliphatic carbocycles.